The molecule has 0 aromatic heterocycles. The summed E-state index contributed by atoms with van der Waals surface area (Å²) in [6.07, 6.45) is -0.886. The zero-order chi connectivity index (χ0) is 22.9. The van der Waals surface area contributed by atoms with Crippen molar-refractivity contribution < 1.29 is 27.5 Å². The fourth-order valence-electron chi connectivity index (χ4n) is 3.23. The Balaban J connectivity index is 2.22. The van der Waals surface area contributed by atoms with E-state index in [0.717, 1.165) is 0 Å². The molecular formula is C20H31N3O6S. The van der Waals surface area contributed by atoms with Gasteiger partial charge in [0.25, 0.3) is 5.91 Å². The van der Waals surface area contributed by atoms with E-state index in [-0.39, 0.29) is 23.5 Å². The minimum Gasteiger partial charge on any atom is -0.444 e. The minimum atomic E-state index is -3.71. The maximum Gasteiger partial charge on any atom is 0.410 e. The molecule has 2 rings (SSSR count). The Kier molecular flexibility index (Phi) is 7.16. The average Bonchev–Trinajstić information content (AvgIpc) is 3.05. The molecular weight excluding hydrogens is 410 g/mol. The summed E-state index contributed by atoms with van der Waals surface area (Å²) in [6.45, 7) is 9.30. The van der Waals surface area contributed by atoms with Gasteiger partial charge in [-0.15, -0.1) is 0 Å². The highest BCUT2D eigenvalue weighted by molar-refractivity contribution is 7.89. The van der Waals surface area contributed by atoms with Gasteiger partial charge < -0.3 is 19.7 Å². The summed E-state index contributed by atoms with van der Waals surface area (Å²) in [4.78, 5) is 26.8. The SMILES string of the molecule is CNS(=O)(=O)c1cc(C(=O)NC2CN(C(=O)OC(C)(C)C)CC2OC)cc(C)c1C. The summed E-state index contributed by atoms with van der Waals surface area (Å²) < 4.78 is 37.7. The third kappa shape index (κ3) is 5.50. The number of benzene rings is 1. The van der Waals surface area contributed by atoms with Crippen molar-refractivity contribution >= 4 is 22.0 Å². The maximum absolute atomic E-state index is 12.9. The third-order valence-electron chi connectivity index (χ3n) is 4.98. The summed E-state index contributed by atoms with van der Waals surface area (Å²) in [5, 5.41) is 2.86. The molecule has 2 N–H and O–H groups in total. The monoisotopic (exact) mass is 441 g/mol. The van der Waals surface area contributed by atoms with E-state index in [0.29, 0.717) is 11.1 Å². The number of hydrogen-bond acceptors (Lipinski definition) is 6. The van der Waals surface area contributed by atoms with Gasteiger partial charge in [-0.3, -0.25) is 4.79 Å². The van der Waals surface area contributed by atoms with E-state index in [1.165, 1.54) is 25.1 Å². The van der Waals surface area contributed by atoms with Crippen molar-refractivity contribution in [3.05, 3.63) is 28.8 Å². The molecule has 1 aliphatic heterocycles. The Morgan fingerprint density at radius 3 is 2.33 bits per heavy atom. The molecule has 2 atom stereocenters. The number of hydrogen-bond donors (Lipinski definition) is 2. The van der Waals surface area contributed by atoms with Crippen molar-refractivity contribution in [2.45, 2.75) is 57.3 Å². The standard InChI is InChI=1S/C20H31N3O6S/c1-12-8-14(9-17(13(12)2)30(26,27)21-6)18(24)22-15-10-23(11-16(15)28-7)19(25)29-20(3,4)5/h8-9,15-16,21H,10-11H2,1-7H3,(H,22,24). The first-order valence-corrected chi connectivity index (χ1v) is 11.1. The van der Waals surface area contributed by atoms with E-state index in [2.05, 4.69) is 10.0 Å². The molecule has 0 spiro atoms. The van der Waals surface area contributed by atoms with Gasteiger partial charge in [-0.2, -0.15) is 0 Å². The fraction of sp³-hybridized carbons (Fsp3) is 0.600. The highest BCUT2D eigenvalue weighted by Crippen LogP contribution is 2.22. The number of carbonyl (C=O) groups is 2. The van der Waals surface area contributed by atoms with Crippen LogP contribution >= 0.6 is 0 Å². The third-order valence-corrected chi connectivity index (χ3v) is 6.52. The van der Waals surface area contributed by atoms with Gasteiger partial charge in [-0.05, 0) is 64.9 Å². The Hall–Kier alpha value is -2.17. The molecule has 2 unspecified atom stereocenters. The number of rotatable bonds is 5. The Morgan fingerprint density at radius 2 is 1.80 bits per heavy atom. The number of sulfonamides is 1. The van der Waals surface area contributed by atoms with Crippen LogP contribution in [0.2, 0.25) is 0 Å². The zero-order valence-corrected chi connectivity index (χ0v) is 19.3. The van der Waals surface area contributed by atoms with Crippen LogP contribution in [0.15, 0.2) is 17.0 Å². The van der Waals surface area contributed by atoms with E-state index in [9.17, 15) is 18.0 Å². The predicted octanol–water partition coefficient (Wildman–Crippen LogP) is 1.58. The van der Waals surface area contributed by atoms with Crippen LogP contribution in [0.3, 0.4) is 0 Å². The molecule has 30 heavy (non-hydrogen) atoms. The first-order valence-electron chi connectivity index (χ1n) is 9.65. The summed E-state index contributed by atoms with van der Waals surface area (Å²) in [7, 11) is -0.878. The number of amides is 2. The highest BCUT2D eigenvalue weighted by atomic mass is 32.2. The molecule has 10 heteroatoms. The molecule has 9 nitrogen and oxygen atoms in total. The van der Waals surface area contributed by atoms with Crippen LogP contribution in [0.1, 0.15) is 42.3 Å². The van der Waals surface area contributed by atoms with Gasteiger partial charge in [0.15, 0.2) is 0 Å². The average molecular weight is 442 g/mol. The molecule has 0 radical (unpaired) electrons. The van der Waals surface area contributed by atoms with Crippen LogP contribution in [0.5, 0.6) is 0 Å². The topological polar surface area (TPSA) is 114 Å². The van der Waals surface area contributed by atoms with Crippen molar-refractivity contribution in [3.63, 3.8) is 0 Å². The van der Waals surface area contributed by atoms with Crippen molar-refractivity contribution in [2.75, 3.05) is 27.2 Å². The molecule has 168 valence electrons. The quantitative estimate of drug-likeness (QED) is 0.717. The van der Waals surface area contributed by atoms with Gasteiger partial charge in [-0.1, -0.05) is 0 Å². The van der Waals surface area contributed by atoms with Crippen LogP contribution in [-0.4, -0.2) is 70.3 Å². The maximum atomic E-state index is 12.9. The molecule has 0 aliphatic carbocycles. The molecule has 1 aromatic rings. The molecule has 2 amide bonds. The van der Waals surface area contributed by atoms with Crippen molar-refractivity contribution in [2.24, 2.45) is 0 Å². The van der Waals surface area contributed by atoms with Crippen LogP contribution < -0.4 is 10.0 Å². The van der Waals surface area contributed by atoms with Crippen LogP contribution in [0, 0.1) is 13.8 Å². The second-order valence-corrected chi connectivity index (χ2v) is 10.2. The number of ether oxygens (including phenoxy) is 2. The lowest BCUT2D eigenvalue weighted by Gasteiger charge is -2.24. The number of carbonyl (C=O) groups excluding carboxylic acids is 2. The molecule has 1 aliphatic rings. The predicted molar refractivity (Wildman–Crippen MR) is 112 cm³/mol. The number of nitrogens with one attached hydrogen (secondary N) is 2. The Labute approximate surface area is 178 Å². The first-order chi connectivity index (χ1) is 13.8. The number of nitrogens with zero attached hydrogens (tertiary/aromatic N) is 1. The normalized spacial score (nSPS) is 19.6. The number of likely N-dealkylation sites (tertiary alicyclic amines) is 1. The number of aryl methyl sites for hydroxylation is 1. The summed E-state index contributed by atoms with van der Waals surface area (Å²) in [5.74, 6) is -0.441. The van der Waals surface area contributed by atoms with Crippen LogP contribution in [0.25, 0.3) is 0 Å². The van der Waals surface area contributed by atoms with Gasteiger partial charge in [0.05, 0.1) is 23.6 Å². The molecule has 1 heterocycles. The fourth-order valence-corrected chi connectivity index (χ4v) is 4.29. The van der Waals surface area contributed by atoms with Crippen LogP contribution in [-0.2, 0) is 19.5 Å². The highest BCUT2D eigenvalue weighted by Gasteiger charge is 2.38. The lowest BCUT2D eigenvalue weighted by atomic mass is 10.1. The lowest BCUT2D eigenvalue weighted by molar-refractivity contribution is 0.0252. The Bertz CT molecular complexity index is 923. The van der Waals surface area contributed by atoms with E-state index in [1.54, 1.807) is 40.7 Å². The van der Waals surface area contributed by atoms with E-state index < -0.39 is 39.8 Å². The summed E-state index contributed by atoms with van der Waals surface area (Å²) in [5.41, 5.74) is 0.849. The minimum absolute atomic E-state index is 0.0558. The largest absolute Gasteiger partial charge is 0.444 e. The first kappa shape index (κ1) is 24.1. The Morgan fingerprint density at radius 1 is 1.17 bits per heavy atom. The van der Waals surface area contributed by atoms with E-state index >= 15 is 0 Å². The van der Waals surface area contributed by atoms with Gasteiger partial charge >= 0.3 is 6.09 Å². The second-order valence-electron chi connectivity index (χ2n) is 8.36. The van der Waals surface area contributed by atoms with Gasteiger partial charge in [0.2, 0.25) is 10.0 Å². The van der Waals surface area contributed by atoms with Crippen molar-refractivity contribution in [1.82, 2.24) is 14.9 Å². The van der Waals surface area contributed by atoms with Crippen molar-refractivity contribution in [3.8, 4) is 0 Å². The van der Waals surface area contributed by atoms with Crippen LogP contribution in [0.4, 0.5) is 4.79 Å². The van der Waals surface area contributed by atoms with Gasteiger partial charge in [0.1, 0.15) is 5.60 Å². The zero-order valence-electron chi connectivity index (χ0n) is 18.5. The van der Waals surface area contributed by atoms with E-state index in [1.807, 2.05) is 0 Å². The van der Waals surface area contributed by atoms with Gasteiger partial charge in [-0.25, -0.2) is 17.9 Å². The number of methoxy groups -OCH3 is 1. The lowest BCUT2D eigenvalue weighted by Crippen LogP contribution is -2.44. The summed E-state index contributed by atoms with van der Waals surface area (Å²) in [6, 6.07) is 2.54. The second kappa shape index (κ2) is 8.91. The smallest absolute Gasteiger partial charge is 0.410 e. The van der Waals surface area contributed by atoms with Gasteiger partial charge in [0, 0.05) is 19.2 Å². The van der Waals surface area contributed by atoms with E-state index in [4.69, 9.17) is 9.47 Å². The molecule has 0 bridgehead atoms. The molecule has 1 saturated heterocycles. The molecule has 1 aromatic carbocycles. The molecule has 0 saturated carbocycles. The van der Waals surface area contributed by atoms with Crippen molar-refractivity contribution in [1.29, 1.82) is 0 Å². The molecule has 1 fully saturated rings. The summed E-state index contributed by atoms with van der Waals surface area (Å²) >= 11 is 0.